The SMILES string of the molecule is O=C(Cl)c1cccc(OC(F)F)c1COc1ccn(O)n1. The van der Waals surface area contributed by atoms with Gasteiger partial charge in [-0.05, 0) is 23.7 Å². The first-order valence-electron chi connectivity index (χ1n) is 5.61. The molecule has 21 heavy (non-hydrogen) atoms. The highest BCUT2D eigenvalue weighted by molar-refractivity contribution is 6.68. The minimum Gasteiger partial charge on any atom is -0.471 e. The minimum atomic E-state index is -3.05. The molecule has 1 aromatic heterocycles. The summed E-state index contributed by atoms with van der Waals surface area (Å²) in [6.45, 7) is -3.34. The van der Waals surface area contributed by atoms with Crippen molar-refractivity contribution in [2.45, 2.75) is 13.2 Å². The van der Waals surface area contributed by atoms with Crippen LogP contribution in [-0.2, 0) is 6.61 Å². The Morgan fingerprint density at radius 2 is 2.19 bits per heavy atom. The summed E-state index contributed by atoms with van der Waals surface area (Å²) < 4.78 is 34.3. The molecule has 0 radical (unpaired) electrons. The third-order valence-corrected chi connectivity index (χ3v) is 2.68. The Bertz CT molecular complexity index is 648. The highest BCUT2D eigenvalue weighted by atomic mass is 35.5. The van der Waals surface area contributed by atoms with Crippen molar-refractivity contribution >= 4 is 16.8 Å². The number of alkyl halides is 2. The van der Waals surface area contributed by atoms with Gasteiger partial charge < -0.3 is 14.7 Å². The molecule has 0 spiro atoms. The van der Waals surface area contributed by atoms with E-state index in [4.69, 9.17) is 21.5 Å². The number of carbonyl (C=O) groups excluding carboxylic acids is 1. The lowest BCUT2D eigenvalue weighted by atomic mass is 10.1. The van der Waals surface area contributed by atoms with Gasteiger partial charge in [-0.25, -0.2) is 0 Å². The minimum absolute atomic E-state index is 0.0155. The van der Waals surface area contributed by atoms with Crippen LogP contribution in [0.25, 0.3) is 0 Å². The summed E-state index contributed by atoms with van der Waals surface area (Å²) >= 11 is 5.41. The van der Waals surface area contributed by atoms with E-state index in [0.29, 0.717) is 4.85 Å². The van der Waals surface area contributed by atoms with Gasteiger partial charge in [0.2, 0.25) is 5.88 Å². The standard InChI is InChI=1S/C12H9ClF2N2O4/c13-11(18)7-2-1-3-9(21-12(14)15)8(7)6-20-10-4-5-17(19)16-10/h1-5,12,19H,6H2. The van der Waals surface area contributed by atoms with Gasteiger partial charge in [0, 0.05) is 17.2 Å². The molecule has 6 nitrogen and oxygen atoms in total. The van der Waals surface area contributed by atoms with Crippen molar-refractivity contribution in [3.63, 3.8) is 0 Å². The molecule has 0 unspecified atom stereocenters. The second-order valence-corrected chi connectivity index (χ2v) is 4.14. The van der Waals surface area contributed by atoms with E-state index >= 15 is 0 Å². The van der Waals surface area contributed by atoms with Crippen LogP contribution in [0.3, 0.4) is 0 Å². The van der Waals surface area contributed by atoms with Gasteiger partial charge in [-0.1, -0.05) is 11.2 Å². The first-order chi connectivity index (χ1) is 9.97. The molecule has 112 valence electrons. The zero-order chi connectivity index (χ0) is 15.4. The molecule has 0 aliphatic rings. The second kappa shape index (κ2) is 6.40. The van der Waals surface area contributed by atoms with Crippen molar-refractivity contribution in [3.05, 3.63) is 41.6 Å². The van der Waals surface area contributed by atoms with Crippen LogP contribution in [0.15, 0.2) is 30.5 Å². The van der Waals surface area contributed by atoms with Gasteiger partial charge in [-0.3, -0.25) is 4.79 Å². The van der Waals surface area contributed by atoms with Crippen LogP contribution >= 0.6 is 11.6 Å². The predicted octanol–water partition coefficient (Wildman–Crippen LogP) is 2.68. The number of carbonyl (C=O) groups is 1. The number of benzene rings is 1. The average Bonchev–Trinajstić information content (AvgIpc) is 2.82. The van der Waals surface area contributed by atoms with Gasteiger partial charge in [0.1, 0.15) is 12.4 Å². The third-order valence-electron chi connectivity index (χ3n) is 2.48. The van der Waals surface area contributed by atoms with Crippen LogP contribution in [0, 0.1) is 0 Å². The van der Waals surface area contributed by atoms with Crippen LogP contribution in [-0.4, -0.2) is 27.0 Å². The van der Waals surface area contributed by atoms with Gasteiger partial charge in [-0.2, -0.15) is 8.78 Å². The molecule has 0 bridgehead atoms. The molecular weight excluding hydrogens is 310 g/mol. The Balaban J connectivity index is 2.27. The van der Waals surface area contributed by atoms with E-state index in [2.05, 4.69) is 9.84 Å². The third kappa shape index (κ3) is 3.82. The highest BCUT2D eigenvalue weighted by Crippen LogP contribution is 2.26. The van der Waals surface area contributed by atoms with E-state index in [-0.39, 0.29) is 29.4 Å². The van der Waals surface area contributed by atoms with Crippen LogP contribution in [0.5, 0.6) is 11.6 Å². The van der Waals surface area contributed by atoms with Gasteiger partial charge >= 0.3 is 6.61 Å². The maximum absolute atomic E-state index is 12.4. The summed E-state index contributed by atoms with van der Waals surface area (Å²) in [4.78, 5) is 11.8. The lowest BCUT2D eigenvalue weighted by Crippen LogP contribution is -2.10. The molecule has 0 aliphatic carbocycles. The van der Waals surface area contributed by atoms with Crippen LogP contribution in [0.4, 0.5) is 8.78 Å². The molecule has 0 fully saturated rings. The van der Waals surface area contributed by atoms with Crippen molar-refractivity contribution in [2.75, 3.05) is 0 Å². The van der Waals surface area contributed by atoms with Crippen molar-refractivity contribution < 1.29 is 28.3 Å². The molecule has 0 amide bonds. The molecule has 0 saturated carbocycles. The number of hydrogen-bond donors (Lipinski definition) is 1. The van der Waals surface area contributed by atoms with E-state index < -0.39 is 11.9 Å². The molecular formula is C12H9ClF2N2O4. The Labute approximate surface area is 122 Å². The monoisotopic (exact) mass is 318 g/mol. The van der Waals surface area contributed by atoms with E-state index in [1.54, 1.807) is 0 Å². The largest absolute Gasteiger partial charge is 0.471 e. The molecule has 0 atom stereocenters. The van der Waals surface area contributed by atoms with Crippen LogP contribution < -0.4 is 9.47 Å². The highest BCUT2D eigenvalue weighted by Gasteiger charge is 2.18. The molecule has 1 aromatic carbocycles. The first kappa shape index (κ1) is 15.0. The molecule has 9 heteroatoms. The summed E-state index contributed by atoms with van der Waals surface area (Å²) in [6.07, 6.45) is 1.21. The molecule has 0 aliphatic heterocycles. The van der Waals surface area contributed by atoms with Crippen LogP contribution in [0.2, 0.25) is 0 Å². The summed E-state index contributed by atoms with van der Waals surface area (Å²) in [7, 11) is 0. The zero-order valence-electron chi connectivity index (χ0n) is 10.4. The van der Waals surface area contributed by atoms with E-state index in [1.165, 1.54) is 30.5 Å². The number of halogens is 3. The number of ether oxygens (including phenoxy) is 2. The topological polar surface area (TPSA) is 73.6 Å². The van der Waals surface area contributed by atoms with Gasteiger partial charge in [0.05, 0.1) is 6.20 Å². The van der Waals surface area contributed by atoms with E-state index in [0.717, 1.165) is 0 Å². The zero-order valence-corrected chi connectivity index (χ0v) is 11.1. The predicted molar refractivity (Wildman–Crippen MR) is 67.0 cm³/mol. The Morgan fingerprint density at radius 1 is 1.43 bits per heavy atom. The summed E-state index contributed by atoms with van der Waals surface area (Å²) in [5.41, 5.74) is 0.0449. The lowest BCUT2D eigenvalue weighted by Gasteiger charge is -2.13. The maximum Gasteiger partial charge on any atom is 0.387 e. The summed E-state index contributed by atoms with van der Waals surface area (Å²) in [5.74, 6) is -0.183. The Kier molecular flexibility index (Phi) is 4.59. The Hall–Kier alpha value is -2.35. The number of aromatic nitrogens is 2. The fraction of sp³-hybridized carbons (Fsp3) is 0.167. The molecule has 0 saturated heterocycles. The van der Waals surface area contributed by atoms with E-state index in [9.17, 15) is 13.6 Å². The quantitative estimate of drug-likeness (QED) is 0.655. The molecule has 1 N–H and O–H groups in total. The van der Waals surface area contributed by atoms with Gasteiger partial charge in [0.25, 0.3) is 5.24 Å². The van der Waals surface area contributed by atoms with E-state index in [1.807, 2.05) is 0 Å². The molecule has 2 rings (SSSR count). The van der Waals surface area contributed by atoms with Crippen molar-refractivity contribution in [3.8, 4) is 11.6 Å². The van der Waals surface area contributed by atoms with Gasteiger partial charge in [0.15, 0.2) is 0 Å². The normalized spacial score (nSPS) is 10.7. The fourth-order valence-electron chi connectivity index (χ4n) is 1.63. The second-order valence-electron chi connectivity index (χ2n) is 3.80. The van der Waals surface area contributed by atoms with Crippen molar-refractivity contribution in [1.29, 1.82) is 0 Å². The molecule has 2 aromatic rings. The number of nitrogens with zero attached hydrogens (tertiary/aromatic N) is 2. The Morgan fingerprint density at radius 3 is 2.76 bits per heavy atom. The smallest absolute Gasteiger partial charge is 0.387 e. The lowest BCUT2D eigenvalue weighted by molar-refractivity contribution is -0.0509. The first-order valence-corrected chi connectivity index (χ1v) is 5.99. The van der Waals surface area contributed by atoms with Crippen molar-refractivity contribution in [2.24, 2.45) is 0 Å². The maximum atomic E-state index is 12.4. The summed E-state index contributed by atoms with van der Waals surface area (Å²) in [5, 5.41) is 11.7. The van der Waals surface area contributed by atoms with Gasteiger partial charge in [-0.15, -0.1) is 4.85 Å². The van der Waals surface area contributed by atoms with Crippen LogP contribution in [0.1, 0.15) is 15.9 Å². The molecule has 1 heterocycles. The number of hydrogen-bond acceptors (Lipinski definition) is 5. The fourth-order valence-corrected chi connectivity index (χ4v) is 1.80. The van der Waals surface area contributed by atoms with Crippen molar-refractivity contribution in [1.82, 2.24) is 9.94 Å². The number of rotatable bonds is 6. The summed E-state index contributed by atoms with van der Waals surface area (Å²) in [6, 6.07) is 5.33. The average molecular weight is 319 g/mol.